The minimum atomic E-state index is 0.458. The Bertz CT molecular complexity index is 772. The zero-order valence-corrected chi connectivity index (χ0v) is 20.1. The number of piperidine rings is 2. The average Bonchev–Trinajstić information content (AvgIpc) is 2.84. The summed E-state index contributed by atoms with van der Waals surface area (Å²) < 4.78 is 0. The largest absolute Gasteiger partial charge is 0.302 e. The second kappa shape index (κ2) is 10.7. The van der Waals surface area contributed by atoms with Crippen molar-refractivity contribution >= 4 is 0 Å². The summed E-state index contributed by atoms with van der Waals surface area (Å²) in [6.45, 7) is 6.49. The number of hydrogen-bond donors (Lipinski definition) is 0. The first-order chi connectivity index (χ1) is 15.8. The summed E-state index contributed by atoms with van der Waals surface area (Å²) in [5.74, 6) is 1.77. The molecule has 5 aliphatic rings. The summed E-state index contributed by atoms with van der Waals surface area (Å²) in [6.07, 6.45) is 35.9. The molecule has 1 unspecified atom stereocenters. The molecule has 0 N–H and O–H groups in total. The maximum Gasteiger partial charge on any atom is 0.0310 e. The lowest BCUT2D eigenvalue weighted by Gasteiger charge is -2.62. The van der Waals surface area contributed by atoms with Gasteiger partial charge in [0.1, 0.15) is 0 Å². The maximum atomic E-state index is 2.94. The molecule has 5 atom stereocenters. The highest BCUT2D eigenvalue weighted by Gasteiger charge is 2.55. The Kier molecular flexibility index (Phi) is 7.49. The molecule has 5 rings (SSSR count). The molecule has 3 fully saturated rings. The highest BCUT2D eigenvalue weighted by molar-refractivity contribution is 5.24. The van der Waals surface area contributed by atoms with Crippen molar-refractivity contribution in [3.05, 3.63) is 60.3 Å². The van der Waals surface area contributed by atoms with Crippen LogP contribution in [0.15, 0.2) is 60.3 Å². The summed E-state index contributed by atoms with van der Waals surface area (Å²) in [5.41, 5.74) is 2.24. The Morgan fingerprint density at radius 1 is 0.750 bits per heavy atom. The van der Waals surface area contributed by atoms with E-state index in [0.717, 1.165) is 30.7 Å². The Morgan fingerprint density at radius 2 is 1.56 bits per heavy atom. The van der Waals surface area contributed by atoms with E-state index >= 15 is 0 Å². The third-order valence-electron chi connectivity index (χ3n) is 8.91. The van der Waals surface area contributed by atoms with Crippen molar-refractivity contribution in [3.63, 3.8) is 0 Å². The Hall–Kier alpha value is -1.38. The normalized spacial score (nSPS) is 44.4. The lowest BCUT2D eigenvalue weighted by molar-refractivity contribution is -0.102. The first-order valence-corrected chi connectivity index (χ1v) is 13.6. The summed E-state index contributed by atoms with van der Waals surface area (Å²) in [5, 5.41) is 0. The highest BCUT2D eigenvalue weighted by Crippen LogP contribution is 2.55. The van der Waals surface area contributed by atoms with Crippen LogP contribution in [0.1, 0.15) is 70.6 Å². The third-order valence-corrected chi connectivity index (χ3v) is 8.91. The van der Waals surface area contributed by atoms with Gasteiger partial charge in [-0.2, -0.15) is 0 Å². The van der Waals surface area contributed by atoms with E-state index < -0.39 is 0 Å². The van der Waals surface area contributed by atoms with Gasteiger partial charge in [-0.25, -0.2) is 0 Å². The van der Waals surface area contributed by atoms with Crippen LogP contribution in [0, 0.1) is 17.3 Å². The fourth-order valence-corrected chi connectivity index (χ4v) is 7.44. The predicted molar refractivity (Wildman–Crippen MR) is 137 cm³/mol. The average molecular weight is 433 g/mol. The van der Waals surface area contributed by atoms with Crippen molar-refractivity contribution < 1.29 is 0 Å². The molecular formula is C30H44N2. The van der Waals surface area contributed by atoms with Crippen LogP contribution in [-0.2, 0) is 0 Å². The van der Waals surface area contributed by atoms with Crippen molar-refractivity contribution in [2.45, 2.75) is 76.7 Å². The van der Waals surface area contributed by atoms with E-state index in [1.54, 1.807) is 5.57 Å². The smallest absolute Gasteiger partial charge is 0.0310 e. The molecule has 32 heavy (non-hydrogen) atoms. The fourth-order valence-electron chi connectivity index (χ4n) is 7.44. The molecule has 0 radical (unpaired) electrons. The van der Waals surface area contributed by atoms with E-state index in [9.17, 15) is 0 Å². The van der Waals surface area contributed by atoms with Gasteiger partial charge in [-0.1, -0.05) is 60.3 Å². The van der Waals surface area contributed by atoms with Crippen molar-refractivity contribution in [1.82, 2.24) is 9.80 Å². The monoisotopic (exact) mass is 432 g/mol. The van der Waals surface area contributed by atoms with Gasteiger partial charge in [-0.05, 0) is 89.0 Å². The number of allylic oxidation sites excluding steroid dienone is 8. The van der Waals surface area contributed by atoms with Crippen LogP contribution in [0.25, 0.3) is 0 Å². The van der Waals surface area contributed by atoms with Gasteiger partial charge in [0.2, 0.25) is 0 Å². The first kappa shape index (κ1) is 22.4. The molecule has 174 valence electrons. The molecule has 1 saturated carbocycles. The van der Waals surface area contributed by atoms with Crippen molar-refractivity contribution in [2.24, 2.45) is 17.3 Å². The molecule has 4 aliphatic heterocycles. The van der Waals surface area contributed by atoms with Gasteiger partial charge in [0.25, 0.3) is 0 Å². The Morgan fingerprint density at radius 3 is 2.50 bits per heavy atom. The number of rotatable bonds is 0. The zero-order chi connectivity index (χ0) is 21.6. The second-order valence-electron chi connectivity index (χ2n) is 11.1. The van der Waals surface area contributed by atoms with Crippen LogP contribution in [0.3, 0.4) is 0 Å². The molecular weight excluding hydrogens is 388 g/mol. The van der Waals surface area contributed by atoms with Gasteiger partial charge < -0.3 is 4.90 Å². The Labute approximate surface area is 196 Å². The van der Waals surface area contributed by atoms with Crippen molar-refractivity contribution in [3.8, 4) is 0 Å². The Balaban J connectivity index is 1.44. The number of nitrogens with zero attached hydrogens (tertiary/aromatic N) is 2. The molecule has 2 nitrogen and oxygen atoms in total. The molecule has 1 spiro atoms. The second-order valence-corrected chi connectivity index (χ2v) is 11.1. The first-order valence-electron chi connectivity index (χ1n) is 13.6. The third kappa shape index (κ3) is 5.07. The van der Waals surface area contributed by atoms with Crippen LogP contribution in [0.5, 0.6) is 0 Å². The van der Waals surface area contributed by atoms with E-state index in [4.69, 9.17) is 0 Å². The van der Waals surface area contributed by atoms with Crippen molar-refractivity contribution in [1.29, 1.82) is 0 Å². The molecule has 4 heterocycles. The molecule has 0 aromatic heterocycles. The van der Waals surface area contributed by atoms with Crippen LogP contribution in [-0.4, -0.2) is 48.6 Å². The molecule has 4 bridgehead atoms. The lowest BCUT2D eigenvalue weighted by atomic mass is 9.55. The minimum Gasteiger partial charge on any atom is -0.302 e. The van der Waals surface area contributed by atoms with Crippen LogP contribution in [0.2, 0.25) is 0 Å². The summed E-state index contributed by atoms with van der Waals surface area (Å²) in [7, 11) is 0. The van der Waals surface area contributed by atoms with Crippen LogP contribution in [0.4, 0.5) is 0 Å². The summed E-state index contributed by atoms with van der Waals surface area (Å²) in [4.78, 5) is 5.80. The van der Waals surface area contributed by atoms with E-state index in [0.29, 0.717) is 5.41 Å². The van der Waals surface area contributed by atoms with Crippen LogP contribution >= 0.6 is 0 Å². The van der Waals surface area contributed by atoms with E-state index in [1.165, 1.54) is 90.5 Å². The molecule has 2 heteroatoms. The van der Waals surface area contributed by atoms with E-state index in [1.807, 2.05) is 0 Å². The number of hydrogen-bond acceptors (Lipinski definition) is 2. The zero-order valence-electron chi connectivity index (χ0n) is 20.1. The van der Waals surface area contributed by atoms with Gasteiger partial charge in [0.05, 0.1) is 0 Å². The van der Waals surface area contributed by atoms with E-state index in [-0.39, 0.29) is 0 Å². The van der Waals surface area contributed by atoms with Crippen molar-refractivity contribution in [2.75, 3.05) is 32.7 Å². The fraction of sp³-hybridized carbons (Fsp3) is 0.667. The van der Waals surface area contributed by atoms with Gasteiger partial charge in [-0.3, -0.25) is 4.90 Å². The number of fused-ring (bicyclic) bond motifs is 1. The molecule has 2 saturated heterocycles. The summed E-state index contributed by atoms with van der Waals surface area (Å²) in [6, 6.07) is 0.730. The van der Waals surface area contributed by atoms with Gasteiger partial charge in [0.15, 0.2) is 0 Å². The standard InChI is InChI=1S/C30H44N2/c1-2-4-7-11-15-19-31-23-27-21-26-17-13-9-5-8-12-16-20-32-25-30(24-31,18-14-10-6-3-1)28(27)22-29(26)32/h1-2,5,7,9-11,14,17,27-29H,3-4,6,8,12-13,15-16,18-25H2/b2-1-,9-5-,11-7-,14-10+,26-17-/t27-,28-,29-,30-/m1/s1. The quantitative estimate of drug-likeness (QED) is 0.394. The predicted octanol–water partition coefficient (Wildman–Crippen LogP) is 6.69. The maximum absolute atomic E-state index is 2.94. The lowest BCUT2D eigenvalue weighted by Crippen LogP contribution is -2.65. The van der Waals surface area contributed by atoms with Gasteiger partial charge in [-0.15, -0.1) is 0 Å². The molecule has 1 aliphatic carbocycles. The molecule has 0 aromatic rings. The minimum absolute atomic E-state index is 0.458. The van der Waals surface area contributed by atoms with Gasteiger partial charge >= 0.3 is 0 Å². The molecule has 0 amide bonds. The van der Waals surface area contributed by atoms with Gasteiger partial charge in [0, 0.05) is 37.6 Å². The highest BCUT2D eigenvalue weighted by atomic mass is 15.2. The molecule has 0 aromatic carbocycles. The SMILES string of the molecule is C1=C\CC/C=C/C[C@@]23CN(CC/C=C\C/1)C[C@H]1C/C4=C/C/C=C\CCCCN(C2)[C@@H]4C[C@H]13. The topological polar surface area (TPSA) is 6.48 Å². The summed E-state index contributed by atoms with van der Waals surface area (Å²) >= 11 is 0. The van der Waals surface area contributed by atoms with Crippen LogP contribution < -0.4 is 0 Å². The van der Waals surface area contributed by atoms with E-state index in [2.05, 4.69) is 64.5 Å².